The summed E-state index contributed by atoms with van der Waals surface area (Å²) in [5, 5.41) is 10.8. The molecule has 3 unspecified atom stereocenters. The molecule has 36 heavy (non-hydrogen) atoms. The van der Waals surface area contributed by atoms with E-state index in [9.17, 15) is 37.8 Å². The number of nitrogens with two attached hydrogens (primary N) is 1. The summed E-state index contributed by atoms with van der Waals surface area (Å²) in [6.07, 6.45) is -3.77. The van der Waals surface area contributed by atoms with Gasteiger partial charge in [-0.1, -0.05) is 23.4 Å². The second-order valence-corrected chi connectivity index (χ2v) is 12.0. The first kappa shape index (κ1) is 28.9. The number of alkyl halides is 2. The Morgan fingerprint density at radius 1 is 1.28 bits per heavy atom. The second kappa shape index (κ2) is 10.2. The Labute approximate surface area is 204 Å². The van der Waals surface area contributed by atoms with Gasteiger partial charge in [0.2, 0.25) is 5.95 Å². The lowest BCUT2D eigenvalue weighted by Crippen LogP contribution is -2.41. The number of aliphatic hydroxyl groups excluding tert-OH is 1. The Bertz CT molecular complexity index is 1420. The van der Waals surface area contributed by atoms with Crippen LogP contribution in [0.2, 0.25) is 0 Å². The van der Waals surface area contributed by atoms with Crippen LogP contribution in [0, 0.1) is 11.8 Å². The van der Waals surface area contributed by atoms with Crippen molar-refractivity contribution in [2.24, 2.45) is 0 Å². The molecule has 0 bridgehead atoms. The molecule has 0 amide bonds. The fraction of sp³-hybridized carbons (Fsp3) is 0.429. The molecule has 1 aliphatic heterocycles. The van der Waals surface area contributed by atoms with E-state index in [1.165, 1.54) is 12.3 Å². The zero-order chi connectivity index (χ0) is 27.1. The van der Waals surface area contributed by atoms with Crippen LogP contribution < -0.4 is 11.3 Å². The lowest BCUT2D eigenvalue weighted by molar-refractivity contribution is -0.0426. The number of aliphatic hydroxyl groups is 1. The quantitative estimate of drug-likeness (QED) is 0.119. The van der Waals surface area contributed by atoms with Crippen molar-refractivity contribution < 1.29 is 60.6 Å². The SMILES string of the molecule is Nc1nc2c(ccn2[C@@H]2O[C@H](COP(=O)(O)OP(=O)(O)OP(=O)(O)O)[C@H](O)C2(Cl)C#CCF)c(=O)[nH]1. The summed E-state index contributed by atoms with van der Waals surface area (Å²) in [5.41, 5.74) is 4.86. The molecule has 0 saturated carbocycles. The van der Waals surface area contributed by atoms with E-state index < -0.39 is 65.6 Å². The molecule has 0 aromatic carbocycles. The van der Waals surface area contributed by atoms with E-state index in [-0.39, 0.29) is 17.0 Å². The summed E-state index contributed by atoms with van der Waals surface area (Å²) in [4.78, 5) is 52.2. The zero-order valence-corrected chi connectivity index (χ0v) is 20.8. The normalized spacial score (nSPS) is 27.8. The zero-order valence-electron chi connectivity index (χ0n) is 17.4. The third-order valence-corrected chi connectivity index (χ3v) is 8.77. The topological polar surface area (TPSA) is 266 Å². The molecule has 2 aromatic rings. The van der Waals surface area contributed by atoms with Gasteiger partial charge in [-0.15, -0.1) is 0 Å². The predicted octanol–water partition coefficient (Wildman–Crippen LogP) is -0.141. The van der Waals surface area contributed by atoms with Gasteiger partial charge in [-0.3, -0.25) is 14.3 Å². The number of nitrogen functional groups attached to an aromatic ring is 1. The summed E-state index contributed by atoms with van der Waals surface area (Å²) < 4.78 is 65.4. The van der Waals surface area contributed by atoms with E-state index in [0.717, 1.165) is 4.57 Å². The maximum Gasteiger partial charge on any atom is 0.490 e. The number of hydrogen-bond acceptors (Lipinski definition) is 11. The van der Waals surface area contributed by atoms with Gasteiger partial charge in [0.25, 0.3) is 5.56 Å². The van der Waals surface area contributed by atoms with Crippen LogP contribution in [0.25, 0.3) is 11.0 Å². The van der Waals surface area contributed by atoms with Gasteiger partial charge in [0.05, 0.1) is 12.0 Å². The number of nitrogens with zero attached hydrogens (tertiary/aromatic N) is 2. The number of hydrogen-bond donors (Lipinski definition) is 7. The molecule has 3 rings (SSSR count). The minimum Gasteiger partial charge on any atom is -0.387 e. The summed E-state index contributed by atoms with van der Waals surface area (Å²) in [5.74, 6) is 4.01. The van der Waals surface area contributed by atoms with Crippen LogP contribution in [0.5, 0.6) is 0 Å². The first-order chi connectivity index (χ1) is 16.5. The van der Waals surface area contributed by atoms with Crippen molar-refractivity contribution in [2.75, 3.05) is 19.0 Å². The molecule has 17 nitrogen and oxygen atoms in total. The first-order valence-electron chi connectivity index (χ1n) is 9.21. The number of anilines is 1. The Kier molecular flexibility index (Phi) is 8.22. The maximum atomic E-state index is 12.8. The van der Waals surface area contributed by atoms with E-state index >= 15 is 0 Å². The van der Waals surface area contributed by atoms with Gasteiger partial charge in [-0.05, 0) is 6.07 Å². The first-order valence-corrected chi connectivity index (χ1v) is 14.1. The molecule has 8 N–H and O–H groups in total. The lowest BCUT2D eigenvalue weighted by atomic mass is 9.99. The number of fused-ring (bicyclic) bond motifs is 1. The molecule has 2 aromatic heterocycles. The van der Waals surface area contributed by atoms with Gasteiger partial charge in [0.15, 0.2) is 16.7 Å². The molecular formula is C14H17ClFN4O13P3. The van der Waals surface area contributed by atoms with Gasteiger partial charge in [-0.25, -0.2) is 18.1 Å². The van der Waals surface area contributed by atoms with Gasteiger partial charge in [0, 0.05) is 6.20 Å². The molecule has 0 aliphatic carbocycles. The van der Waals surface area contributed by atoms with Crippen LogP contribution >= 0.6 is 35.1 Å². The Morgan fingerprint density at radius 2 is 1.94 bits per heavy atom. The van der Waals surface area contributed by atoms with E-state index in [0.29, 0.717) is 0 Å². The highest BCUT2D eigenvalue weighted by Gasteiger charge is 2.56. The van der Waals surface area contributed by atoms with E-state index in [1.54, 1.807) is 0 Å². The summed E-state index contributed by atoms with van der Waals surface area (Å²) in [6.45, 7) is -2.26. The average molecular weight is 597 g/mol. The predicted molar refractivity (Wildman–Crippen MR) is 117 cm³/mol. The van der Waals surface area contributed by atoms with Crippen molar-refractivity contribution in [3.05, 3.63) is 22.6 Å². The van der Waals surface area contributed by atoms with Crippen molar-refractivity contribution in [1.82, 2.24) is 14.5 Å². The number of rotatable bonds is 8. The highest BCUT2D eigenvalue weighted by molar-refractivity contribution is 7.66. The van der Waals surface area contributed by atoms with Crippen molar-refractivity contribution in [1.29, 1.82) is 0 Å². The third kappa shape index (κ3) is 6.42. The molecular weight excluding hydrogens is 580 g/mol. The molecule has 6 atom stereocenters. The molecule has 0 spiro atoms. The lowest BCUT2D eigenvalue weighted by Gasteiger charge is -2.26. The number of phosphoric acid groups is 3. The van der Waals surface area contributed by atoms with Gasteiger partial charge in [-0.2, -0.15) is 13.6 Å². The smallest absolute Gasteiger partial charge is 0.387 e. The number of nitrogens with one attached hydrogen (secondary N) is 1. The minimum absolute atomic E-state index is 0.0245. The van der Waals surface area contributed by atoms with Crippen LogP contribution in [-0.2, 0) is 31.6 Å². The van der Waals surface area contributed by atoms with Crippen LogP contribution in [0.1, 0.15) is 6.23 Å². The fourth-order valence-corrected chi connectivity index (χ4v) is 6.57. The number of aromatic amines is 1. The highest BCUT2D eigenvalue weighted by Crippen LogP contribution is 2.66. The minimum atomic E-state index is -5.79. The van der Waals surface area contributed by atoms with Gasteiger partial charge in [0.1, 0.15) is 18.9 Å². The monoisotopic (exact) mass is 596 g/mol. The Balaban J connectivity index is 1.89. The van der Waals surface area contributed by atoms with Gasteiger partial charge < -0.3 is 39.7 Å². The van der Waals surface area contributed by atoms with E-state index in [4.69, 9.17) is 31.9 Å². The largest absolute Gasteiger partial charge is 0.490 e. The van der Waals surface area contributed by atoms with Crippen molar-refractivity contribution >= 4 is 52.1 Å². The number of aromatic nitrogens is 3. The van der Waals surface area contributed by atoms with Crippen molar-refractivity contribution in [3.8, 4) is 11.8 Å². The third-order valence-electron chi connectivity index (χ3n) is 4.46. The van der Waals surface area contributed by atoms with E-state index in [2.05, 4.69) is 29.0 Å². The van der Waals surface area contributed by atoms with Gasteiger partial charge >= 0.3 is 23.5 Å². The molecule has 0 radical (unpaired) electrons. The van der Waals surface area contributed by atoms with Crippen LogP contribution in [0.3, 0.4) is 0 Å². The molecule has 200 valence electrons. The molecule has 1 saturated heterocycles. The van der Waals surface area contributed by atoms with Crippen LogP contribution in [-0.4, -0.2) is 69.6 Å². The number of ether oxygens (including phenoxy) is 1. The maximum absolute atomic E-state index is 12.8. The molecule has 22 heteroatoms. The summed E-state index contributed by atoms with van der Waals surface area (Å²) >= 11 is 6.47. The molecule has 1 aliphatic rings. The fourth-order valence-electron chi connectivity index (χ4n) is 3.18. The average Bonchev–Trinajstić information content (AvgIpc) is 3.22. The highest BCUT2D eigenvalue weighted by atomic mass is 35.5. The number of halogens is 2. The Morgan fingerprint density at radius 3 is 2.56 bits per heavy atom. The standard InChI is InChI=1S/C14H17ClFN4O13P3/c15-14(3-1-4-16)9(21)8(6-30-35(26,27)33-36(28,29)32-34(23,24)25)31-12(14)20-5-2-7-10(20)18-13(17)19-11(7)22/h2,5,8-9,12,21H,4,6H2,(H,26,27)(H,28,29)(H2,23,24,25)(H3,17,18,19,22)/t8-,9+,12-,14?/m1/s1. The Hall–Kier alpha value is -1.67. The number of H-pyrrole nitrogens is 1. The van der Waals surface area contributed by atoms with Crippen molar-refractivity contribution in [3.63, 3.8) is 0 Å². The van der Waals surface area contributed by atoms with E-state index in [1.807, 2.05) is 5.92 Å². The number of phosphoric ester groups is 1. The van der Waals surface area contributed by atoms with Crippen molar-refractivity contribution in [2.45, 2.75) is 23.3 Å². The van der Waals surface area contributed by atoms with Crippen LogP contribution in [0.4, 0.5) is 10.3 Å². The molecule has 1 fully saturated rings. The summed E-state index contributed by atoms with van der Waals surface area (Å²) in [6, 6.07) is 1.30. The molecule has 3 heterocycles. The second-order valence-electron chi connectivity index (χ2n) is 6.97. The summed E-state index contributed by atoms with van der Waals surface area (Å²) in [7, 11) is -17.0. The van der Waals surface area contributed by atoms with Crippen LogP contribution in [0.15, 0.2) is 17.1 Å².